The Morgan fingerprint density at radius 1 is 1.43 bits per heavy atom. The van der Waals surface area contributed by atoms with Crippen LogP contribution in [0.2, 0.25) is 5.02 Å². The molecule has 5 nitrogen and oxygen atoms in total. The molecule has 4 N–H and O–H groups in total. The monoisotopic (exact) mass is 210 g/mol. The van der Waals surface area contributed by atoms with Crippen LogP contribution in [0.15, 0.2) is 27.6 Å². The van der Waals surface area contributed by atoms with Crippen molar-refractivity contribution in [2.75, 3.05) is 0 Å². The molecule has 0 fully saturated rings. The summed E-state index contributed by atoms with van der Waals surface area (Å²) in [7, 11) is 0. The molecule has 0 radical (unpaired) electrons. The number of nitrogens with two attached hydrogens (primary N) is 2. The number of aliphatic imine (C=N–C) groups is 1. The number of halogens is 1. The lowest BCUT2D eigenvalue weighted by Gasteiger charge is -1.86. The average molecular weight is 211 g/mol. The standard InChI is InChI=1S/C8H7ClN4O/c9-4-1-2-5-6(3-4)14-8(12-5)13-7(10)11/h1-3H,(H4,10,11,12,13). The summed E-state index contributed by atoms with van der Waals surface area (Å²) in [5.41, 5.74) is 11.6. The zero-order valence-corrected chi connectivity index (χ0v) is 7.82. The Hall–Kier alpha value is -1.75. The van der Waals surface area contributed by atoms with Crippen LogP contribution < -0.4 is 11.5 Å². The quantitative estimate of drug-likeness (QED) is 0.550. The van der Waals surface area contributed by atoms with Gasteiger partial charge in [0.15, 0.2) is 11.5 Å². The molecule has 1 aromatic heterocycles. The Bertz CT molecular complexity index is 501. The van der Waals surface area contributed by atoms with E-state index in [1.54, 1.807) is 18.2 Å². The summed E-state index contributed by atoms with van der Waals surface area (Å²) in [6.07, 6.45) is 0. The summed E-state index contributed by atoms with van der Waals surface area (Å²) in [5.74, 6) is -0.0948. The van der Waals surface area contributed by atoms with Crippen LogP contribution in [-0.4, -0.2) is 10.9 Å². The lowest BCUT2D eigenvalue weighted by Crippen LogP contribution is -2.21. The third-order valence-electron chi connectivity index (χ3n) is 1.56. The number of oxazole rings is 1. The zero-order chi connectivity index (χ0) is 10.1. The summed E-state index contributed by atoms with van der Waals surface area (Å²) in [5, 5.41) is 0.574. The van der Waals surface area contributed by atoms with Crippen LogP contribution in [0.1, 0.15) is 0 Å². The summed E-state index contributed by atoms with van der Waals surface area (Å²) in [6, 6.07) is 5.22. The van der Waals surface area contributed by atoms with Crippen LogP contribution in [0.4, 0.5) is 6.01 Å². The Balaban J connectivity index is 2.57. The van der Waals surface area contributed by atoms with Crippen molar-refractivity contribution in [2.45, 2.75) is 0 Å². The van der Waals surface area contributed by atoms with Crippen molar-refractivity contribution in [2.24, 2.45) is 16.5 Å². The molecule has 0 bridgehead atoms. The molecule has 0 saturated heterocycles. The molecular formula is C8H7ClN4O. The van der Waals surface area contributed by atoms with Gasteiger partial charge >= 0.3 is 6.01 Å². The predicted octanol–water partition coefficient (Wildman–Crippen LogP) is 1.39. The van der Waals surface area contributed by atoms with Gasteiger partial charge in [-0.25, -0.2) is 0 Å². The van der Waals surface area contributed by atoms with E-state index in [2.05, 4.69) is 9.98 Å². The molecule has 72 valence electrons. The van der Waals surface area contributed by atoms with Crippen LogP contribution in [-0.2, 0) is 0 Å². The highest BCUT2D eigenvalue weighted by Gasteiger charge is 2.04. The van der Waals surface area contributed by atoms with E-state index in [0.717, 1.165) is 0 Å². The van der Waals surface area contributed by atoms with Gasteiger partial charge in [0, 0.05) is 11.1 Å². The summed E-state index contributed by atoms with van der Waals surface area (Å²) < 4.78 is 5.22. The van der Waals surface area contributed by atoms with Crippen molar-refractivity contribution in [1.82, 2.24) is 4.98 Å². The van der Waals surface area contributed by atoms with Gasteiger partial charge in [0.05, 0.1) is 0 Å². The van der Waals surface area contributed by atoms with E-state index in [9.17, 15) is 0 Å². The summed E-state index contributed by atoms with van der Waals surface area (Å²) >= 11 is 5.76. The predicted molar refractivity (Wildman–Crippen MR) is 54.5 cm³/mol. The average Bonchev–Trinajstić information content (AvgIpc) is 2.44. The summed E-state index contributed by atoms with van der Waals surface area (Å²) in [6.45, 7) is 0. The van der Waals surface area contributed by atoms with Crippen LogP contribution in [0.5, 0.6) is 0 Å². The molecule has 0 atom stereocenters. The second-order valence-corrected chi connectivity index (χ2v) is 3.08. The fourth-order valence-electron chi connectivity index (χ4n) is 1.04. The van der Waals surface area contributed by atoms with Crippen molar-refractivity contribution in [3.8, 4) is 0 Å². The van der Waals surface area contributed by atoms with E-state index in [1.807, 2.05) is 0 Å². The van der Waals surface area contributed by atoms with Crippen LogP contribution in [0, 0.1) is 0 Å². The minimum atomic E-state index is -0.0948. The number of benzene rings is 1. The zero-order valence-electron chi connectivity index (χ0n) is 7.07. The minimum absolute atomic E-state index is 0.0948. The Kier molecular flexibility index (Phi) is 2.01. The van der Waals surface area contributed by atoms with E-state index < -0.39 is 0 Å². The number of guanidine groups is 1. The highest BCUT2D eigenvalue weighted by molar-refractivity contribution is 6.31. The van der Waals surface area contributed by atoms with E-state index >= 15 is 0 Å². The smallest absolute Gasteiger partial charge is 0.325 e. The fraction of sp³-hybridized carbons (Fsp3) is 0. The third kappa shape index (κ3) is 1.62. The fourth-order valence-corrected chi connectivity index (χ4v) is 1.21. The lowest BCUT2D eigenvalue weighted by molar-refractivity contribution is 0.613. The highest BCUT2D eigenvalue weighted by atomic mass is 35.5. The number of aromatic nitrogens is 1. The maximum atomic E-state index is 5.76. The van der Waals surface area contributed by atoms with Crippen molar-refractivity contribution >= 4 is 34.7 Å². The van der Waals surface area contributed by atoms with Gasteiger partial charge in [-0.15, -0.1) is 0 Å². The van der Waals surface area contributed by atoms with Crippen LogP contribution in [0.3, 0.4) is 0 Å². The first-order chi connectivity index (χ1) is 6.65. The molecule has 1 heterocycles. The topological polar surface area (TPSA) is 90.4 Å². The maximum Gasteiger partial charge on any atom is 0.325 e. The molecule has 2 aromatic rings. The SMILES string of the molecule is NC(N)=Nc1nc2ccc(Cl)cc2o1. The number of fused-ring (bicyclic) bond motifs is 1. The molecular weight excluding hydrogens is 204 g/mol. The second-order valence-electron chi connectivity index (χ2n) is 2.65. The number of hydrogen-bond acceptors (Lipinski definition) is 3. The van der Waals surface area contributed by atoms with Gasteiger partial charge in [-0.3, -0.25) is 0 Å². The molecule has 0 unspecified atom stereocenters. The minimum Gasteiger partial charge on any atom is -0.422 e. The molecule has 0 aliphatic heterocycles. The van der Waals surface area contributed by atoms with Crippen LogP contribution in [0.25, 0.3) is 11.1 Å². The van der Waals surface area contributed by atoms with E-state index in [1.165, 1.54) is 0 Å². The van der Waals surface area contributed by atoms with Gasteiger partial charge in [-0.05, 0) is 12.1 Å². The maximum absolute atomic E-state index is 5.76. The summed E-state index contributed by atoms with van der Waals surface area (Å²) in [4.78, 5) is 7.70. The van der Waals surface area contributed by atoms with Gasteiger partial charge in [0.2, 0.25) is 0 Å². The van der Waals surface area contributed by atoms with Gasteiger partial charge in [0.25, 0.3) is 0 Å². The van der Waals surface area contributed by atoms with Gasteiger partial charge in [0.1, 0.15) is 5.52 Å². The van der Waals surface area contributed by atoms with Crippen molar-refractivity contribution in [3.05, 3.63) is 23.2 Å². The molecule has 1 aromatic carbocycles. The Morgan fingerprint density at radius 3 is 2.93 bits per heavy atom. The molecule has 0 aliphatic carbocycles. The normalized spacial score (nSPS) is 10.4. The largest absolute Gasteiger partial charge is 0.422 e. The first kappa shape index (κ1) is 8.83. The first-order valence-corrected chi connectivity index (χ1v) is 4.19. The Labute approximate surface area is 84.4 Å². The van der Waals surface area contributed by atoms with E-state index in [-0.39, 0.29) is 12.0 Å². The lowest BCUT2D eigenvalue weighted by atomic mass is 10.3. The number of hydrogen-bond donors (Lipinski definition) is 2. The molecule has 0 aliphatic rings. The molecule has 6 heteroatoms. The van der Waals surface area contributed by atoms with E-state index in [0.29, 0.717) is 16.1 Å². The highest BCUT2D eigenvalue weighted by Crippen LogP contribution is 2.23. The van der Waals surface area contributed by atoms with Crippen molar-refractivity contribution in [3.63, 3.8) is 0 Å². The van der Waals surface area contributed by atoms with Crippen LogP contribution >= 0.6 is 11.6 Å². The van der Waals surface area contributed by atoms with Crippen molar-refractivity contribution in [1.29, 1.82) is 0 Å². The number of nitrogens with zero attached hydrogens (tertiary/aromatic N) is 2. The molecule has 0 spiro atoms. The number of rotatable bonds is 1. The van der Waals surface area contributed by atoms with E-state index in [4.69, 9.17) is 27.5 Å². The first-order valence-electron chi connectivity index (χ1n) is 3.81. The van der Waals surface area contributed by atoms with Crippen molar-refractivity contribution < 1.29 is 4.42 Å². The van der Waals surface area contributed by atoms with Gasteiger partial charge in [-0.2, -0.15) is 9.98 Å². The Morgan fingerprint density at radius 2 is 2.21 bits per heavy atom. The molecule has 14 heavy (non-hydrogen) atoms. The molecule has 0 amide bonds. The van der Waals surface area contributed by atoms with Gasteiger partial charge < -0.3 is 15.9 Å². The third-order valence-corrected chi connectivity index (χ3v) is 1.80. The molecule has 0 saturated carbocycles. The second kappa shape index (κ2) is 3.19. The van der Waals surface area contributed by atoms with Gasteiger partial charge in [-0.1, -0.05) is 11.6 Å². The molecule has 2 rings (SSSR count).